The summed E-state index contributed by atoms with van der Waals surface area (Å²) in [5.41, 5.74) is 4.88. The maximum absolute atomic E-state index is 15.2. The lowest BCUT2D eigenvalue weighted by Crippen LogP contribution is -2.15. The molecule has 4 aromatic rings. The molecule has 1 unspecified atom stereocenters. The van der Waals surface area contributed by atoms with Crippen molar-refractivity contribution in [1.29, 1.82) is 0 Å². The molecular formula is C36H29F4NS. The van der Waals surface area contributed by atoms with Crippen LogP contribution in [0.4, 0.5) is 23.2 Å². The summed E-state index contributed by atoms with van der Waals surface area (Å²) in [6.45, 7) is 4.33. The lowest BCUT2D eigenvalue weighted by molar-refractivity contribution is 0.412. The number of benzene rings is 4. The van der Waals surface area contributed by atoms with Gasteiger partial charge in [-0.25, -0.2) is 17.6 Å². The Labute approximate surface area is 249 Å². The van der Waals surface area contributed by atoms with Gasteiger partial charge in [-0.1, -0.05) is 56.2 Å². The molecule has 0 amide bonds. The molecule has 1 nitrogen and oxygen atoms in total. The fourth-order valence-corrected chi connectivity index (χ4v) is 5.86. The van der Waals surface area contributed by atoms with Crippen LogP contribution in [0.15, 0.2) is 65.7 Å². The van der Waals surface area contributed by atoms with E-state index in [1.807, 2.05) is 6.07 Å². The minimum Gasteiger partial charge on any atom is -0.206 e. The molecule has 212 valence electrons. The van der Waals surface area contributed by atoms with Gasteiger partial charge in [0.1, 0.15) is 29.0 Å². The van der Waals surface area contributed by atoms with E-state index in [1.54, 1.807) is 6.07 Å². The van der Waals surface area contributed by atoms with Crippen LogP contribution in [-0.2, 0) is 12.8 Å². The van der Waals surface area contributed by atoms with Crippen LogP contribution in [0.2, 0.25) is 0 Å². The van der Waals surface area contributed by atoms with Gasteiger partial charge in [-0.05, 0) is 115 Å². The van der Waals surface area contributed by atoms with Crippen molar-refractivity contribution in [3.63, 3.8) is 0 Å². The quantitative estimate of drug-likeness (QED) is 0.0952. The van der Waals surface area contributed by atoms with Crippen LogP contribution in [0.25, 0.3) is 22.3 Å². The number of hydrogen-bond donors (Lipinski definition) is 0. The predicted octanol–water partition coefficient (Wildman–Crippen LogP) is 10.3. The molecule has 5 rings (SSSR count). The Morgan fingerprint density at radius 3 is 2.31 bits per heavy atom. The highest BCUT2D eigenvalue weighted by Gasteiger charge is 2.21. The lowest BCUT2D eigenvalue weighted by atomic mass is 9.79. The number of hydrogen-bond acceptors (Lipinski definition) is 2. The molecule has 0 radical (unpaired) electrons. The van der Waals surface area contributed by atoms with Gasteiger partial charge in [0, 0.05) is 16.7 Å². The maximum Gasteiger partial charge on any atom is 0.150 e. The van der Waals surface area contributed by atoms with Gasteiger partial charge in [-0.15, -0.1) is 0 Å². The van der Waals surface area contributed by atoms with Gasteiger partial charge in [0.25, 0.3) is 0 Å². The van der Waals surface area contributed by atoms with E-state index in [1.165, 1.54) is 66.6 Å². The highest BCUT2D eigenvalue weighted by Crippen LogP contribution is 2.35. The van der Waals surface area contributed by atoms with E-state index in [0.717, 1.165) is 42.5 Å². The first kappa shape index (κ1) is 29.5. The molecule has 1 atom stereocenters. The van der Waals surface area contributed by atoms with Crippen molar-refractivity contribution in [2.75, 3.05) is 0 Å². The molecular weight excluding hydrogens is 554 g/mol. The monoisotopic (exact) mass is 583 g/mol. The third kappa shape index (κ3) is 6.23. The van der Waals surface area contributed by atoms with Crippen molar-refractivity contribution in [3.8, 4) is 34.1 Å². The summed E-state index contributed by atoms with van der Waals surface area (Å²) in [4.78, 5) is 3.57. The molecule has 0 N–H and O–H groups in total. The molecule has 6 heteroatoms. The second-order valence-electron chi connectivity index (χ2n) is 10.8. The smallest absolute Gasteiger partial charge is 0.150 e. The number of rotatable bonds is 6. The van der Waals surface area contributed by atoms with Crippen LogP contribution in [0, 0.1) is 48.0 Å². The van der Waals surface area contributed by atoms with Gasteiger partial charge < -0.3 is 0 Å². The average Bonchev–Trinajstić information content (AvgIpc) is 2.97. The second-order valence-corrected chi connectivity index (χ2v) is 10.9. The van der Waals surface area contributed by atoms with E-state index >= 15 is 13.2 Å². The molecule has 0 saturated carbocycles. The number of nitrogens with zero attached hydrogens (tertiary/aromatic N) is 1. The van der Waals surface area contributed by atoms with Crippen LogP contribution in [0.1, 0.15) is 60.4 Å². The second kappa shape index (κ2) is 12.9. The molecule has 0 saturated heterocycles. The van der Waals surface area contributed by atoms with Crippen molar-refractivity contribution in [1.82, 2.24) is 0 Å². The molecule has 0 fully saturated rings. The normalized spacial score (nSPS) is 14.0. The predicted molar refractivity (Wildman–Crippen MR) is 164 cm³/mol. The molecule has 42 heavy (non-hydrogen) atoms. The Hall–Kier alpha value is -4.04. The third-order valence-corrected chi connectivity index (χ3v) is 8.13. The zero-order valence-electron chi connectivity index (χ0n) is 23.5. The SMILES string of the molecule is CCCCC1CCc2c(ccc(C#Cc3ccc(-c4cc(F)c(-c5ccc(N=C=S)c(F)c5)c(F)c4)c(F)c3)c2C)C1. The van der Waals surface area contributed by atoms with Gasteiger partial charge >= 0.3 is 0 Å². The van der Waals surface area contributed by atoms with E-state index < -0.39 is 28.8 Å². The Morgan fingerprint density at radius 2 is 1.62 bits per heavy atom. The van der Waals surface area contributed by atoms with Crippen molar-refractivity contribution < 1.29 is 17.6 Å². The van der Waals surface area contributed by atoms with Crippen molar-refractivity contribution in [3.05, 3.63) is 112 Å². The number of halogens is 4. The van der Waals surface area contributed by atoms with Crippen LogP contribution in [0.5, 0.6) is 0 Å². The van der Waals surface area contributed by atoms with Crippen molar-refractivity contribution in [2.45, 2.75) is 52.4 Å². The summed E-state index contributed by atoms with van der Waals surface area (Å²) >= 11 is 4.47. The molecule has 0 aromatic heterocycles. The fourth-order valence-electron chi connectivity index (χ4n) is 5.76. The highest BCUT2D eigenvalue weighted by atomic mass is 32.1. The topological polar surface area (TPSA) is 12.4 Å². The molecule has 0 aliphatic heterocycles. The van der Waals surface area contributed by atoms with Gasteiger partial charge in [-0.3, -0.25) is 0 Å². The van der Waals surface area contributed by atoms with Crippen molar-refractivity contribution in [2.24, 2.45) is 10.9 Å². The summed E-state index contributed by atoms with van der Waals surface area (Å²) in [7, 11) is 0. The van der Waals surface area contributed by atoms with Crippen LogP contribution < -0.4 is 0 Å². The Balaban J connectivity index is 1.38. The molecule has 0 spiro atoms. The average molecular weight is 584 g/mol. The van der Waals surface area contributed by atoms with Gasteiger partial charge in [0.15, 0.2) is 0 Å². The molecule has 0 heterocycles. The summed E-state index contributed by atoms with van der Waals surface area (Å²) < 4.78 is 59.5. The van der Waals surface area contributed by atoms with Gasteiger partial charge in [0.05, 0.1) is 10.7 Å². The van der Waals surface area contributed by atoms with E-state index in [9.17, 15) is 4.39 Å². The molecule has 0 bridgehead atoms. The number of thiocarbonyl (C=S) groups is 1. The standard InChI is InChI=1S/C36H29F4NS/c1-3-4-5-23-7-13-29-22(2)25(10-11-26(29)16-23)9-6-24-8-14-30(31(37)17-24)28-19-33(39)36(34(40)20-28)27-12-15-35(41-21-42)32(38)18-27/h8,10-12,14-15,17-20,23H,3-5,7,13,16H2,1-2H3. The molecule has 1 aliphatic carbocycles. The minimum atomic E-state index is -0.946. The lowest BCUT2D eigenvalue weighted by Gasteiger charge is -2.26. The summed E-state index contributed by atoms with van der Waals surface area (Å²) in [5, 5.41) is 2.05. The number of fused-ring (bicyclic) bond motifs is 1. The highest BCUT2D eigenvalue weighted by molar-refractivity contribution is 7.78. The number of isothiocyanates is 1. The van der Waals surface area contributed by atoms with E-state index in [-0.39, 0.29) is 22.4 Å². The number of unbranched alkanes of at least 4 members (excludes halogenated alkanes) is 1. The van der Waals surface area contributed by atoms with Gasteiger partial charge in [-0.2, -0.15) is 4.99 Å². The van der Waals surface area contributed by atoms with E-state index in [2.05, 4.69) is 54.1 Å². The zero-order valence-corrected chi connectivity index (χ0v) is 24.3. The van der Waals surface area contributed by atoms with E-state index in [0.29, 0.717) is 5.56 Å². The van der Waals surface area contributed by atoms with Gasteiger partial charge in [0.2, 0.25) is 0 Å². The minimum absolute atomic E-state index is 0.0164. The first-order chi connectivity index (χ1) is 20.3. The van der Waals surface area contributed by atoms with Crippen LogP contribution in [-0.4, -0.2) is 5.16 Å². The van der Waals surface area contributed by atoms with Crippen LogP contribution in [0.3, 0.4) is 0 Å². The molecule has 4 aromatic carbocycles. The third-order valence-electron chi connectivity index (χ3n) is 8.04. The Morgan fingerprint density at radius 1 is 0.857 bits per heavy atom. The van der Waals surface area contributed by atoms with Crippen LogP contribution >= 0.6 is 12.2 Å². The first-order valence-corrected chi connectivity index (χ1v) is 14.5. The van der Waals surface area contributed by atoms with Crippen molar-refractivity contribution >= 4 is 23.1 Å². The van der Waals surface area contributed by atoms with E-state index in [4.69, 9.17) is 0 Å². The first-order valence-electron chi connectivity index (χ1n) is 14.1. The zero-order chi connectivity index (χ0) is 29.8. The number of aliphatic imine (C=N–C) groups is 1. The molecule has 1 aliphatic rings. The largest absolute Gasteiger partial charge is 0.206 e. The summed E-state index contributed by atoms with van der Waals surface area (Å²) in [5.74, 6) is 3.64. The Bertz CT molecular complexity index is 1750. The summed E-state index contributed by atoms with van der Waals surface area (Å²) in [6, 6.07) is 14.2. The summed E-state index contributed by atoms with van der Waals surface area (Å²) in [6.07, 6.45) is 7.15. The maximum atomic E-state index is 15.2. The Kier molecular flexibility index (Phi) is 9.02. The fraction of sp³-hybridized carbons (Fsp3) is 0.250.